The van der Waals surface area contributed by atoms with E-state index in [1.165, 1.54) is 24.3 Å². The highest BCUT2D eigenvalue weighted by Gasteiger charge is 2.15. The zero-order valence-electron chi connectivity index (χ0n) is 14.7. The first-order valence-corrected chi connectivity index (χ1v) is 8.80. The summed E-state index contributed by atoms with van der Waals surface area (Å²) in [4.78, 5) is 40.0. The lowest BCUT2D eigenvalue weighted by atomic mass is 10.3. The van der Waals surface area contributed by atoms with E-state index in [2.05, 4.69) is 15.5 Å². The van der Waals surface area contributed by atoms with Crippen molar-refractivity contribution in [2.24, 2.45) is 5.10 Å². The van der Waals surface area contributed by atoms with Gasteiger partial charge in [-0.2, -0.15) is 5.10 Å². The summed E-state index contributed by atoms with van der Waals surface area (Å²) in [5, 5.41) is 14.5. The van der Waals surface area contributed by atoms with E-state index in [1.807, 2.05) is 4.90 Å². The van der Waals surface area contributed by atoms with Crippen LogP contribution in [0.2, 0.25) is 5.02 Å². The maximum atomic E-state index is 12.1. The number of aromatic nitrogens is 2. The van der Waals surface area contributed by atoms with Crippen LogP contribution < -0.4 is 16.7 Å². The van der Waals surface area contributed by atoms with Gasteiger partial charge < -0.3 is 9.84 Å². The molecule has 2 aromatic rings. The zero-order chi connectivity index (χ0) is 20.1. The van der Waals surface area contributed by atoms with Crippen molar-refractivity contribution in [2.45, 2.75) is 0 Å². The SMILES string of the molecule is O=C(CN1CCOCC1)N/N=C\c1c(O)n(-c2ccc(Cl)cc2)c(=O)[nH]c1=O. The summed E-state index contributed by atoms with van der Waals surface area (Å²) in [5.74, 6) is -0.984. The number of nitrogens with one attached hydrogen (secondary N) is 2. The van der Waals surface area contributed by atoms with Gasteiger partial charge in [0.1, 0.15) is 5.56 Å². The van der Waals surface area contributed by atoms with Gasteiger partial charge in [-0.05, 0) is 24.3 Å². The molecule has 0 spiro atoms. The van der Waals surface area contributed by atoms with Gasteiger partial charge in [0.05, 0.1) is 31.7 Å². The molecule has 3 N–H and O–H groups in total. The molecular weight excluding hydrogens is 390 g/mol. The Morgan fingerprint density at radius 1 is 1.29 bits per heavy atom. The fourth-order valence-electron chi connectivity index (χ4n) is 2.65. The number of hydrogen-bond acceptors (Lipinski definition) is 7. The van der Waals surface area contributed by atoms with Gasteiger partial charge >= 0.3 is 5.69 Å². The van der Waals surface area contributed by atoms with Crippen molar-refractivity contribution in [3.63, 3.8) is 0 Å². The third kappa shape index (κ3) is 4.66. The number of carbonyl (C=O) groups is 1. The number of benzene rings is 1. The minimum absolute atomic E-state index is 0.132. The summed E-state index contributed by atoms with van der Waals surface area (Å²) >= 11 is 5.82. The Morgan fingerprint density at radius 3 is 2.64 bits per heavy atom. The first-order valence-electron chi connectivity index (χ1n) is 8.42. The highest BCUT2D eigenvalue weighted by atomic mass is 35.5. The summed E-state index contributed by atoms with van der Waals surface area (Å²) in [5.41, 5.74) is 0.662. The van der Waals surface area contributed by atoms with Crippen LogP contribution in [0.4, 0.5) is 0 Å². The molecule has 3 rings (SSSR count). The van der Waals surface area contributed by atoms with Crippen molar-refractivity contribution in [3.8, 4) is 11.6 Å². The maximum absolute atomic E-state index is 12.1. The Morgan fingerprint density at radius 2 is 1.96 bits per heavy atom. The van der Waals surface area contributed by atoms with Crippen LogP contribution in [-0.2, 0) is 9.53 Å². The van der Waals surface area contributed by atoms with Gasteiger partial charge in [0.25, 0.3) is 11.5 Å². The van der Waals surface area contributed by atoms with Crippen LogP contribution in [0.1, 0.15) is 5.56 Å². The number of aromatic hydroxyl groups is 1. The first-order chi connectivity index (χ1) is 13.5. The molecule has 1 aromatic heterocycles. The Bertz CT molecular complexity index is 992. The van der Waals surface area contributed by atoms with Crippen molar-refractivity contribution in [1.29, 1.82) is 0 Å². The standard InChI is InChI=1S/C17H18ClN5O5/c18-11-1-3-12(4-2-11)23-16(26)13(15(25)20-17(23)27)9-19-21-14(24)10-22-5-7-28-8-6-22/h1-4,9,26H,5-8,10H2,(H,21,24)(H,20,25,27)/b19-9-. The van der Waals surface area contributed by atoms with Crippen molar-refractivity contribution < 1.29 is 14.6 Å². The molecule has 148 valence electrons. The number of aromatic amines is 1. The Kier molecular flexibility index (Phi) is 6.24. The predicted octanol–water partition coefficient (Wildman–Crippen LogP) is -0.333. The number of hydrogen-bond donors (Lipinski definition) is 3. The van der Waals surface area contributed by atoms with Crippen molar-refractivity contribution in [3.05, 3.63) is 55.7 Å². The number of amides is 1. The molecule has 0 radical (unpaired) electrons. The van der Waals surface area contributed by atoms with Crippen LogP contribution >= 0.6 is 11.6 Å². The van der Waals surface area contributed by atoms with Crippen LogP contribution in [0.25, 0.3) is 5.69 Å². The average Bonchev–Trinajstić information content (AvgIpc) is 2.66. The van der Waals surface area contributed by atoms with E-state index in [0.29, 0.717) is 37.0 Å². The Balaban J connectivity index is 1.78. The number of carbonyl (C=O) groups excluding carboxylic acids is 1. The topological polar surface area (TPSA) is 129 Å². The summed E-state index contributed by atoms with van der Waals surface area (Å²) in [7, 11) is 0. The summed E-state index contributed by atoms with van der Waals surface area (Å²) in [6.45, 7) is 2.54. The maximum Gasteiger partial charge on any atom is 0.335 e. The van der Waals surface area contributed by atoms with Crippen LogP contribution in [-0.4, -0.2) is 64.5 Å². The van der Waals surface area contributed by atoms with E-state index in [-0.39, 0.29) is 18.0 Å². The normalized spacial score (nSPS) is 15.0. The number of ether oxygens (including phenoxy) is 1. The van der Waals surface area contributed by atoms with Gasteiger partial charge in [-0.25, -0.2) is 14.8 Å². The van der Waals surface area contributed by atoms with Gasteiger partial charge in [0.15, 0.2) is 0 Å². The van der Waals surface area contributed by atoms with Crippen LogP contribution in [0, 0.1) is 0 Å². The summed E-state index contributed by atoms with van der Waals surface area (Å²) in [6.07, 6.45) is 0.983. The number of halogens is 1. The molecule has 11 heteroatoms. The Hall–Kier alpha value is -2.95. The van der Waals surface area contributed by atoms with E-state index in [1.54, 1.807) is 0 Å². The number of H-pyrrole nitrogens is 1. The summed E-state index contributed by atoms with van der Waals surface area (Å²) in [6, 6.07) is 6.08. The number of hydrazone groups is 1. The van der Waals surface area contributed by atoms with Gasteiger partial charge in [0, 0.05) is 18.1 Å². The molecule has 0 aliphatic carbocycles. The zero-order valence-corrected chi connectivity index (χ0v) is 15.5. The lowest BCUT2D eigenvalue weighted by Crippen LogP contribution is -2.42. The van der Waals surface area contributed by atoms with Crippen LogP contribution in [0.15, 0.2) is 39.0 Å². The monoisotopic (exact) mass is 407 g/mol. The molecule has 0 unspecified atom stereocenters. The fraction of sp³-hybridized carbons (Fsp3) is 0.294. The molecule has 1 aromatic carbocycles. The second-order valence-corrected chi connectivity index (χ2v) is 6.43. The molecule has 1 aliphatic heterocycles. The van der Waals surface area contributed by atoms with Crippen molar-refractivity contribution in [1.82, 2.24) is 19.9 Å². The van der Waals surface area contributed by atoms with Crippen molar-refractivity contribution in [2.75, 3.05) is 32.8 Å². The van der Waals surface area contributed by atoms with Gasteiger partial charge in [-0.15, -0.1) is 0 Å². The molecule has 28 heavy (non-hydrogen) atoms. The molecule has 10 nitrogen and oxygen atoms in total. The largest absolute Gasteiger partial charge is 0.493 e. The van der Waals surface area contributed by atoms with E-state index < -0.39 is 17.1 Å². The minimum atomic E-state index is -0.834. The minimum Gasteiger partial charge on any atom is -0.493 e. The molecule has 1 fully saturated rings. The highest BCUT2D eigenvalue weighted by molar-refractivity contribution is 6.30. The van der Waals surface area contributed by atoms with E-state index in [0.717, 1.165) is 10.8 Å². The van der Waals surface area contributed by atoms with Crippen molar-refractivity contribution >= 4 is 23.7 Å². The van der Waals surface area contributed by atoms with Gasteiger partial charge in [0.2, 0.25) is 5.88 Å². The third-order valence-corrected chi connectivity index (χ3v) is 4.31. The Labute approximate surface area is 164 Å². The quantitative estimate of drug-likeness (QED) is 0.459. The molecular formula is C17H18ClN5O5. The summed E-state index contributed by atoms with van der Waals surface area (Å²) < 4.78 is 6.10. The molecule has 1 aliphatic rings. The smallest absolute Gasteiger partial charge is 0.335 e. The van der Waals surface area contributed by atoms with Gasteiger partial charge in [-0.3, -0.25) is 19.5 Å². The molecule has 0 bridgehead atoms. The van der Waals surface area contributed by atoms with Crippen LogP contribution in [0.5, 0.6) is 5.88 Å². The average molecular weight is 408 g/mol. The molecule has 0 saturated carbocycles. The lowest BCUT2D eigenvalue weighted by molar-refractivity contribution is -0.123. The fourth-order valence-corrected chi connectivity index (χ4v) is 2.78. The van der Waals surface area contributed by atoms with Gasteiger partial charge in [-0.1, -0.05) is 11.6 Å². The number of morpholine rings is 1. The lowest BCUT2D eigenvalue weighted by Gasteiger charge is -2.25. The number of rotatable bonds is 5. The molecule has 1 amide bonds. The number of nitrogens with zero attached hydrogens (tertiary/aromatic N) is 3. The molecule has 2 heterocycles. The highest BCUT2D eigenvalue weighted by Crippen LogP contribution is 2.17. The second-order valence-electron chi connectivity index (χ2n) is 5.99. The first kappa shape index (κ1) is 19.8. The molecule has 1 saturated heterocycles. The predicted molar refractivity (Wildman–Crippen MR) is 102 cm³/mol. The third-order valence-electron chi connectivity index (χ3n) is 4.06. The van der Waals surface area contributed by atoms with E-state index in [9.17, 15) is 19.5 Å². The van der Waals surface area contributed by atoms with E-state index >= 15 is 0 Å². The molecule has 0 atom stereocenters. The van der Waals surface area contributed by atoms with Crippen LogP contribution in [0.3, 0.4) is 0 Å². The second kappa shape index (κ2) is 8.83. The van der Waals surface area contributed by atoms with E-state index in [4.69, 9.17) is 16.3 Å².